The number of benzene rings is 1. The van der Waals surface area contributed by atoms with Gasteiger partial charge in [0, 0.05) is 18.7 Å². The average Bonchev–Trinajstić information content (AvgIpc) is 2.89. The molecule has 2 heterocycles. The maximum absolute atomic E-state index is 12.9. The molecule has 1 aromatic carbocycles. The van der Waals surface area contributed by atoms with Crippen molar-refractivity contribution in [2.24, 2.45) is 0 Å². The van der Waals surface area contributed by atoms with E-state index in [-0.39, 0.29) is 24.8 Å². The highest BCUT2D eigenvalue weighted by Crippen LogP contribution is 2.33. The minimum absolute atomic E-state index is 0.00341. The smallest absolute Gasteiger partial charge is 0.406 e. The van der Waals surface area contributed by atoms with Gasteiger partial charge < -0.3 is 9.84 Å². The third-order valence-electron chi connectivity index (χ3n) is 4.97. The Morgan fingerprint density at radius 3 is 2.70 bits per heavy atom. The number of carbonyl (C=O) groups is 2. The molecule has 3 rings (SSSR count). The van der Waals surface area contributed by atoms with Crippen LogP contribution in [0.15, 0.2) is 24.3 Å². The number of alkyl halides is 3. The van der Waals surface area contributed by atoms with Crippen LogP contribution in [-0.2, 0) is 9.59 Å². The lowest BCUT2D eigenvalue weighted by atomic mass is 9.97. The van der Waals surface area contributed by atoms with Crippen molar-refractivity contribution in [3.05, 3.63) is 24.3 Å². The van der Waals surface area contributed by atoms with E-state index in [0.717, 1.165) is 36.3 Å². The molecule has 0 saturated carbocycles. The van der Waals surface area contributed by atoms with Gasteiger partial charge in [0.15, 0.2) is 0 Å². The number of piperidine rings is 1. The summed E-state index contributed by atoms with van der Waals surface area (Å²) in [5.74, 6) is -1.39. The summed E-state index contributed by atoms with van der Waals surface area (Å²) in [5, 5.41) is 9.26. The van der Waals surface area contributed by atoms with Gasteiger partial charge in [0.05, 0.1) is 18.2 Å². The second-order valence-electron chi connectivity index (χ2n) is 6.73. The summed E-state index contributed by atoms with van der Waals surface area (Å²) >= 11 is 0. The van der Waals surface area contributed by atoms with E-state index in [2.05, 4.69) is 4.74 Å². The van der Waals surface area contributed by atoms with E-state index in [1.54, 1.807) is 0 Å². The summed E-state index contributed by atoms with van der Waals surface area (Å²) in [6, 6.07) is 4.23. The van der Waals surface area contributed by atoms with E-state index in [0.29, 0.717) is 13.0 Å². The standard InChI is InChI=1S/C18H21F3N2O4/c19-18(20,21)27-14-6-3-5-13(10-14)23-16(25)11-15(17(23)26)22-8-2-1-4-12(22)7-9-24/h3,5-6,10,12,15,24H,1-2,4,7-9,11H2/t12-,15+/m1/s1. The summed E-state index contributed by atoms with van der Waals surface area (Å²) in [5.41, 5.74) is 0.0602. The van der Waals surface area contributed by atoms with Crippen molar-refractivity contribution in [3.63, 3.8) is 0 Å². The molecule has 2 atom stereocenters. The van der Waals surface area contributed by atoms with E-state index in [4.69, 9.17) is 0 Å². The number of nitrogens with zero attached hydrogens (tertiary/aromatic N) is 2. The topological polar surface area (TPSA) is 70.1 Å². The number of anilines is 1. The van der Waals surface area contributed by atoms with Crippen LogP contribution in [0.5, 0.6) is 5.75 Å². The molecule has 1 aromatic rings. The van der Waals surface area contributed by atoms with Crippen molar-refractivity contribution < 1.29 is 32.6 Å². The van der Waals surface area contributed by atoms with E-state index in [9.17, 15) is 27.9 Å². The van der Waals surface area contributed by atoms with E-state index in [1.807, 2.05) is 4.90 Å². The SMILES string of the molecule is O=C1C[C@H](N2CCCC[C@@H]2CCO)C(=O)N1c1cccc(OC(F)(F)F)c1. The normalized spacial score (nSPS) is 24.5. The van der Waals surface area contributed by atoms with Gasteiger partial charge in [0.25, 0.3) is 5.91 Å². The zero-order valence-corrected chi connectivity index (χ0v) is 14.6. The zero-order chi connectivity index (χ0) is 19.6. The van der Waals surface area contributed by atoms with Gasteiger partial charge in [-0.3, -0.25) is 14.5 Å². The maximum Gasteiger partial charge on any atom is 0.573 e. The number of aliphatic hydroxyl groups is 1. The summed E-state index contributed by atoms with van der Waals surface area (Å²) in [6.07, 6.45) is -1.62. The number of amides is 2. The van der Waals surface area contributed by atoms with Gasteiger partial charge in [-0.15, -0.1) is 13.2 Å². The summed E-state index contributed by atoms with van der Waals surface area (Å²) in [4.78, 5) is 28.2. The molecule has 2 amide bonds. The number of likely N-dealkylation sites (tertiary alicyclic amines) is 1. The molecule has 2 aliphatic rings. The molecule has 6 nitrogen and oxygen atoms in total. The van der Waals surface area contributed by atoms with Crippen LogP contribution in [0.3, 0.4) is 0 Å². The van der Waals surface area contributed by atoms with Gasteiger partial charge in [-0.1, -0.05) is 12.5 Å². The molecular weight excluding hydrogens is 365 g/mol. The summed E-state index contributed by atoms with van der Waals surface area (Å²) < 4.78 is 41.2. The third-order valence-corrected chi connectivity index (χ3v) is 4.97. The molecule has 9 heteroatoms. The molecule has 0 bridgehead atoms. The van der Waals surface area contributed by atoms with Crippen molar-refractivity contribution in [2.45, 2.75) is 50.6 Å². The average molecular weight is 386 g/mol. The summed E-state index contributed by atoms with van der Waals surface area (Å²) in [7, 11) is 0. The number of ether oxygens (including phenoxy) is 1. The van der Waals surface area contributed by atoms with Crippen molar-refractivity contribution in [3.8, 4) is 5.75 Å². The minimum atomic E-state index is -4.86. The second kappa shape index (κ2) is 7.85. The number of hydrogen-bond acceptors (Lipinski definition) is 5. The number of halogens is 3. The van der Waals surface area contributed by atoms with Crippen LogP contribution in [-0.4, -0.2) is 53.4 Å². The Morgan fingerprint density at radius 1 is 1.22 bits per heavy atom. The molecule has 27 heavy (non-hydrogen) atoms. The molecule has 2 saturated heterocycles. The Labute approximate surface area is 154 Å². The molecular formula is C18H21F3N2O4. The highest BCUT2D eigenvalue weighted by molar-refractivity contribution is 6.22. The fourth-order valence-electron chi connectivity index (χ4n) is 3.86. The molecule has 0 aromatic heterocycles. The van der Waals surface area contributed by atoms with Crippen LogP contribution < -0.4 is 9.64 Å². The number of rotatable bonds is 5. The van der Waals surface area contributed by atoms with Crippen molar-refractivity contribution in [2.75, 3.05) is 18.1 Å². The van der Waals surface area contributed by atoms with Crippen LogP contribution in [0.1, 0.15) is 32.1 Å². The Kier molecular flexibility index (Phi) is 5.71. The minimum Gasteiger partial charge on any atom is -0.406 e. The first-order chi connectivity index (χ1) is 12.8. The predicted molar refractivity (Wildman–Crippen MR) is 90.1 cm³/mol. The lowest BCUT2D eigenvalue weighted by Gasteiger charge is -2.38. The van der Waals surface area contributed by atoms with Crippen LogP contribution in [0.25, 0.3) is 0 Å². The largest absolute Gasteiger partial charge is 0.573 e. The first kappa shape index (κ1) is 19.6. The number of carbonyl (C=O) groups excluding carboxylic acids is 2. The Bertz CT molecular complexity index is 708. The first-order valence-electron chi connectivity index (χ1n) is 8.89. The van der Waals surface area contributed by atoms with Crippen LogP contribution in [0, 0.1) is 0 Å². The van der Waals surface area contributed by atoms with Crippen LogP contribution >= 0.6 is 0 Å². The lowest BCUT2D eigenvalue weighted by molar-refractivity contribution is -0.274. The Morgan fingerprint density at radius 2 is 2.00 bits per heavy atom. The van der Waals surface area contributed by atoms with Crippen molar-refractivity contribution in [1.82, 2.24) is 4.90 Å². The molecule has 0 aliphatic carbocycles. The van der Waals surface area contributed by atoms with Gasteiger partial charge in [0.2, 0.25) is 5.91 Å². The zero-order valence-electron chi connectivity index (χ0n) is 14.6. The van der Waals surface area contributed by atoms with E-state index in [1.165, 1.54) is 12.1 Å². The second-order valence-corrected chi connectivity index (χ2v) is 6.73. The van der Waals surface area contributed by atoms with Gasteiger partial charge in [-0.2, -0.15) is 0 Å². The van der Waals surface area contributed by atoms with Crippen molar-refractivity contribution in [1.29, 1.82) is 0 Å². The number of aliphatic hydroxyl groups excluding tert-OH is 1. The van der Waals surface area contributed by atoms with Gasteiger partial charge >= 0.3 is 6.36 Å². The van der Waals surface area contributed by atoms with Crippen LogP contribution in [0.4, 0.5) is 18.9 Å². The predicted octanol–water partition coefficient (Wildman–Crippen LogP) is 2.45. The summed E-state index contributed by atoms with van der Waals surface area (Å²) in [6.45, 7) is 0.649. The molecule has 2 aliphatic heterocycles. The maximum atomic E-state index is 12.9. The fraction of sp³-hybridized carbons (Fsp3) is 0.556. The van der Waals surface area contributed by atoms with E-state index >= 15 is 0 Å². The first-order valence-corrected chi connectivity index (χ1v) is 8.89. The lowest BCUT2D eigenvalue weighted by Crippen LogP contribution is -2.50. The fourth-order valence-corrected chi connectivity index (χ4v) is 3.86. The highest BCUT2D eigenvalue weighted by Gasteiger charge is 2.45. The molecule has 148 valence electrons. The molecule has 0 spiro atoms. The third kappa shape index (κ3) is 4.41. The van der Waals surface area contributed by atoms with Gasteiger partial charge in [-0.25, -0.2) is 4.90 Å². The monoisotopic (exact) mass is 386 g/mol. The molecule has 0 unspecified atom stereocenters. The highest BCUT2D eigenvalue weighted by atomic mass is 19.4. The molecule has 2 fully saturated rings. The number of imide groups is 1. The Balaban J connectivity index is 1.81. The number of hydrogen-bond donors (Lipinski definition) is 1. The van der Waals surface area contributed by atoms with Gasteiger partial charge in [-0.05, 0) is 37.9 Å². The van der Waals surface area contributed by atoms with Crippen LogP contribution in [0.2, 0.25) is 0 Å². The van der Waals surface area contributed by atoms with Crippen molar-refractivity contribution >= 4 is 17.5 Å². The quantitative estimate of drug-likeness (QED) is 0.788. The Hall–Kier alpha value is -2.13. The molecule has 0 radical (unpaired) electrons. The molecule has 1 N–H and O–H groups in total. The van der Waals surface area contributed by atoms with Gasteiger partial charge in [0.1, 0.15) is 5.75 Å². The van der Waals surface area contributed by atoms with E-state index < -0.39 is 30.0 Å².